The van der Waals surface area contributed by atoms with E-state index >= 15 is 0 Å². The molecular formula is C25H29NO5. The standard InChI is InChI=1S/C25H29NO5/c27-22-20-3-1-2-4-21(20)23(28)26(22)14-15-5-7-24(8-6-15)29-25(31-30-24)18-10-16-9-17(12-18)13-19(25)11-16/h1-4,15-19H,5-14H2. The van der Waals surface area contributed by atoms with Crippen LogP contribution in [0.15, 0.2) is 24.3 Å². The van der Waals surface area contributed by atoms with Crippen molar-refractivity contribution in [2.45, 2.75) is 69.4 Å². The van der Waals surface area contributed by atoms with Gasteiger partial charge in [-0.25, -0.2) is 0 Å². The third-order valence-corrected chi connectivity index (χ3v) is 9.13. The Labute approximate surface area is 182 Å². The summed E-state index contributed by atoms with van der Waals surface area (Å²) < 4.78 is 6.77. The van der Waals surface area contributed by atoms with E-state index in [-0.39, 0.29) is 17.7 Å². The molecule has 4 bridgehead atoms. The Kier molecular flexibility index (Phi) is 3.87. The summed E-state index contributed by atoms with van der Waals surface area (Å²) in [5.41, 5.74) is 1.05. The molecule has 1 saturated heterocycles. The molecular weight excluding hydrogens is 394 g/mol. The predicted octanol–water partition coefficient (Wildman–Crippen LogP) is 4.30. The quantitative estimate of drug-likeness (QED) is 0.524. The lowest BCUT2D eigenvalue weighted by atomic mass is 9.53. The first kappa shape index (κ1) is 18.8. The van der Waals surface area contributed by atoms with E-state index in [0.29, 0.717) is 29.5 Å². The maximum Gasteiger partial charge on any atom is 0.261 e. The van der Waals surface area contributed by atoms with Crippen molar-refractivity contribution in [1.82, 2.24) is 4.90 Å². The Bertz CT molecular complexity index is 886. The average Bonchev–Trinajstić information content (AvgIpc) is 3.26. The van der Waals surface area contributed by atoms with Crippen molar-refractivity contribution >= 4 is 11.8 Å². The number of amides is 2. The normalized spacial score (nSPS) is 45.3. The third-order valence-electron chi connectivity index (χ3n) is 9.13. The molecule has 6 fully saturated rings. The van der Waals surface area contributed by atoms with Gasteiger partial charge in [0, 0.05) is 31.2 Å². The van der Waals surface area contributed by atoms with Gasteiger partial charge >= 0.3 is 0 Å². The molecule has 8 rings (SSSR count). The molecule has 0 unspecified atom stereocenters. The summed E-state index contributed by atoms with van der Waals surface area (Å²) in [6.07, 6.45) is 9.52. The topological polar surface area (TPSA) is 65.1 Å². The van der Waals surface area contributed by atoms with E-state index in [4.69, 9.17) is 14.5 Å². The van der Waals surface area contributed by atoms with Gasteiger partial charge in [0.25, 0.3) is 11.8 Å². The summed E-state index contributed by atoms with van der Waals surface area (Å²) in [6, 6.07) is 7.11. The van der Waals surface area contributed by atoms with Gasteiger partial charge in [-0.3, -0.25) is 14.5 Å². The van der Waals surface area contributed by atoms with Crippen LogP contribution in [-0.2, 0) is 14.5 Å². The number of imide groups is 1. The second kappa shape index (κ2) is 6.40. The lowest BCUT2D eigenvalue weighted by molar-refractivity contribution is -0.390. The molecule has 0 aromatic heterocycles. The van der Waals surface area contributed by atoms with Gasteiger partial charge in [0.15, 0.2) is 0 Å². The summed E-state index contributed by atoms with van der Waals surface area (Å²) in [4.78, 5) is 39.0. The molecule has 0 N–H and O–H groups in total. The minimum absolute atomic E-state index is 0.162. The van der Waals surface area contributed by atoms with Crippen molar-refractivity contribution in [2.75, 3.05) is 6.54 Å². The second-order valence-electron chi connectivity index (χ2n) is 10.9. The smallest absolute Gasteiger partial charge is 0.261 e. The number of rotatable bonds is 2. The van der Waals surface area contributed by atoms with Gasteiger partial charge in [-0.2, -0.15) is 9.78 Å². The highest BCUT2D eigenvalue weighted by molar-refractivity contribution is 6.21. The molecule has 31 heavy (non-hydrogen) atoms. The third kappa shape index (κ3) is 2.61. The minimum Gasteiger partial charge on any atom is -0.312 e. The first-order valence-electron chi connectivity index (χ1n) is 12.1. The summed E-state index contributed by atoms with van der Waals surface area (Å²) in [6.45, 7) is 0.475. The van der Waals surface area contributed by atoms with E-state index < -0.39 is 11.6 Å². The maximum atomic E-state index is 12.7. The van der Waals surface area contributed by atoms with E-state index in [1.165, 1.54) is 37.0 Å². The van der Waals surface area contributed by atoms with Crippen molar-refractivity contribution in [3.8, 4) is 0 Å². The maximum absolute atomic E-state index is 12.7. The molecule has 6 heteroatoms. The molecule has 2 heterocycles. The molecule has 2 aliphatic heterocycles. The Morgan fingerprint density at radius 2 is 1.42 bits per heavy atom. The number of nitrogens with zero attached hydrogens (tertiary/aromatic N) is 1. The summed E-state index contributed by atoms with van der Waals surface area (Å²) in [5, 5.41) is 0. The van der Waals surface area contributed by atoms with Gasteiger partial charge < -0.3 is 4.74 Å². The Hall–Kier alpha value is -1.76. The minimum atomic E-state index is -0.645. The van der Waals surface area contributed by atoms with Crippen LogP contribution in [0.1, 0.15) is 78.5 Å². The van der Waals surface area contributed by atoms with E-state index in [1.807, 2.05) is 12.1 Å². The van der Waals surface area contributed by atoms with Crippen molar-refractivity contribution in [3.63, 3.8) is 0 Å². The number of hydrogen-bond acceptors (Lipinski definition) is 5. The summed E-state index contributed by atoms with van der Waals surface area (Å²) in [5.74, 6) is 1.43. The number of carbonyl (C=O) groups excluding carboxylic acids is 2. The monoisotopic (exact) mass is 423 g/mol. The lowest BCUT2D eigenvalue weighted by Crippen LogP contribution is -2.59. The number of ether oxygens (including phenoxy) is 1. The first-order chi connectivity index (χ1) is 15.1. The van der Waals surface area contributed by atoms with Crippen LogP contribution in [0.25, 0.3) is 0 Å². The molecule has 2 spiro atoms. The SMILES string of the molecule is O=C1c2ccccc2C(=O)N1CC1CCC2(CC1)OOC1(O2)C2CC3CC(C2)CC1C3. The van der Waals surface area contributed by atoms with Crippen LogP contribution in [0.2, 0.25) is 0 Å². The van der Waals surface area contributed by atoms with E-state index in [2.05, 4.69) is 0 Å². The number of carbonyl (C=O) groups is 2. The summed E-state index contributed by atoms with van der Waals surface area (Å²) >= 11 is 0. The van der Waals surface area contributed by atoms with Crippen LogP contribution in [0.4, 0.5) is 0 Å². The van der Waals surface area contributed by atoms with Crippen LogP contribution >= 0.6 is 0 Å². The number of hydrogen-bond donors (Lipinski definition) is 0. The van der Waals surface area contributed by atoms with Crippen LogP contribution in [-0.4, -0.2) is 34.8 Å². The van der Waals surface area contributed by atoms with Crippen LogP contribution in [0.3, 0.4) is 0 Å². The second-order valence-corrected chi connectivity index (χ2v) is 10.9. The average molecular weight is 424 g/mol. The molecule has 5 aliphatic carbocycles. The van der Waals surface area contributed by atoms with Crippen molar-refractivity contribution in [3.05, 3.63) is 35.4 Å². The molecule has 1 aromatic rings. The highest BCUT2D eigenvalue weighted by atomic mass is 17.3. The Morgan fingerprint density at radius 1 is 0.839 bits per heavy atom. The highest BCUT2D eigenvalue weighted by Crippen LogP contribution is 2.63. The van der Waals surface area contributed by atoms with E-state index in [0.717, 1.165) is 37.5 Å². The number of fused-ring (bicyclic) bond motifs is 1. The van der Waals surface area contributed by atoms with Gasteiger partial charge in [0.2, 0.25) is 11.6 Å². The van der Waals surface area contributed by atoms with Gasteiger partial charge in [-0.15, -0.1) is 0 Å². The number of benzene rings is 1. The zero-order chi connectivity index (χ0) is 20.8. The zero-order valence-corrected chi connectivity index (χ0v) is 17.8. The van der Waals surface area contributed by atoms with Crippen LogP contribution < -0.4 is 0 Å². The van der Waals surface area contributed by atoms with Crippen LogP contribution in [0, 0.1) is 29.6 Å². The van der Waals surface area contributed by atoms with Gasteiger partial charge in [0.05, 0.1) is 11.1 Å². The van der Waals surface area contributed by atoms with Gasteiger partial charge in [0.1, 0.15) is 0 Å². The van der Waals surface area contributed by atoms with Gasteiger partial charge in [-0.1, -0.05) is 12.1 Å². The fourth-order valence-electron chi connectivity index (χ4n) is 7.76. The molecule has 5 saturated carbocycles. The molecule has 164 valence electrons. The molecule has 6 nitrogen and oxygen atoms in total. The largest absolute Gasteiger partial charge is 0.312 e. The lowest BCUT2D eigenvalue weighted by Gasteiger charge is -2.57. The molecule has 0 radical (unpaired) electrons. The van der Waals surface area contributed by atoms with Crippen LogP contribution in [0.5, 0.6) is 0 Å². The van der Waals surface area contributed by atoms with Crippen molar-refractivity contribution < 1.29 is 24.1 Å². The molecule has 1 aromatic carbocycles. The predicted molar refractivity (Wildman–Crippen MR) is 110 cm³/mol. The fraction of sp³-hybridized carbons (Fsp3) is 0.680. The molecule has 7 aliphatic rings. The van der Waals surface area contributed by atoms with E-state index in [1.54, 1.807) is 12.1 Å². The molecule has 0 atom stereocenters. The first-order valence-corrected chi connectivity index (χ1v) is 12.1. The Balaban J connectivity index is 1.03. The summed E-state index contributed by atoms with van der Waals surface area (Å²) in [7, 11) is 0. The van der Waals surface area contributed by atoms with Crippen molar-refractivity contribution in [1.29, 1.82) is 0 Å². The fourth-order valence-corrected chi connectivity index (χ4v) is 7.76. The zero-order valence-electron chi connectivity index (χ0n) is 17.8. The molecule has 2 amide bonds. The van der Waals surface area contributed by atoms with Crippen molar-refractivity contribution in [2.24, 2.45) is 29.6 Å². The van der Waals surface area contributed by atoms with E-state index in [9.17, 15) is 9.59 Å². The Morgan fingerprint density at radius 3 is 2.00 bits per heavy atom. The highest BCUT2D eigenvalue weighted by Gasteiger charge is 2.66. The van der Waals surface area contributed by atoms with Gasteiger partial charge in [-0.05, 0) is 74.8 Å².